The number of ether oxygens (including phenoxy) is 2. The Hall–Kier alpha value is -1.12. The molecule has 112 valence electrons. The summed E-state index contributed by atoms with van der Waals surface area (Å²) in [5, 5.41) is 0. The van der Waals surface area contributed by atoms with Crippen molar-refractivity contribution in [2.75, 3.05) is 0 Å². The van der Waals surface area contributed by atoms with Gasteiger partial charge in [0.05, 0.1) is 12.2 Å². The predicted octanol–water partition coefficient (Wildman–Crippen LogP) is 4.27. The minimum absolute atomic E-state index is 0.184. The minimum Gasteiger partial charge on any atom is -0.343 e. The van der Waals surface area contributed by atoms with Crippen LogP contribution < -0.4 is 0 Å². The molecule has 1 heterocycles. The van der Waals surface area contributed by atoms with Crippen LogP contribution in [0.2, 0.25) is 0 Å². The predicted molar refractivity (Wildman–Crippen MR) is 83.6 cm³/mol. The van der Waals surface area contributed by atoms with Crippen molar-refractivity contribution in [2.45, 2.75) is 52.1 Å². The molecule has 3 fully saturated rings. The highest BCUT2D eigenvalue weighted by Gasteiger charge is 2.69. The zero-order valence-corrected chi connectivity index (χ0v) is 13.1. The molecule has 0 radical (unpaired) electrons. The van der Waals surface area contributed by atoms with Gasteiger partial charge in [0.2, 0.25) is 0 Å². The second-order valence-electron chi connectivity index (χ2n) is 7.58. The van der Waals surface area contributed by atoms with Crippen LogP contribution in [0.1, 0.15) is 39.2 Å². The first-order valence-corrected chi connectivity index (χ1v) is 8.06. The molecule has 1 aromatic rings. The van der Waals surface area contributed by atoms with E-state index in [4.69, 9.17) is 9.47 Å². The Morgan fingerprint density at radius 1 is 1.10 bits per heavy atom. The van der Waals surface area contributed by atoms with E-state index in [2.05, 4.69) is 57.2 Å². The number of benzene rings is 1. The lowest BCUT2D eigenvalue weighted by atomic mass is 9.70. The van der Waals surface area contributed by atoms with E-state index in [1.54, 1.807) is 0 Å². The van der Waals surface area contributed by atoms with E-state index in [1.807, 2.05) is 6.07 Å². The molecule has 2 nitrogen and oxygen atoms in total. The molecule has 3 aliphatic rings. The molecule has 2 bridgehead atoms. The van der Waals surface area contributed by atoms with Crippen LogP contribution in [0.15, 0.2) is 36.4 Å². The fourth-order valence-electron chi connectivity index (χ4n) is 4.79. The molecule has 0 N–H and O–H groups in total. The van der Waals surface area contributed by atoms with Crippen LogP contribution >= 0.6 is 0 Å². The third kappa shape index (κ3) is 1.79. The van der Waals surface area contributed by atoms with Gasteiger partial charge in [-0.2, -0.15) is 0 Å². The number of rotatable bonds is 2. The lowest BCUT2D eigenvalue weighted by Gasteiger charge is -2.37. The third-order valence-corrected chi connectivity index (χ3v) is 6.51. The maximum Gasteiger partial charge on any atom is 0.178 e. The Balaban J connectivity index is 1.52. The molecule has 0 spiro atoms. The Labute approximate surface area is 127 Å². The van der Waals surface area contributed by atoms with E-state index >= 15 is 0 Å². The van der Waals surface area contributed by atoms with Crippen molar-refractivity contribution in [3.05, 3.63) is 42.0 Å². The smallest absolute Gasteiger partial charge is 0.178 e. The van der Waals surface area contributed by atoms with E-state index in [0.717, 1.165) is 0 Å². The van der Waals surface area contributed by atoms with E-state index < -0.39 is 0 Å². The number of hydrogen-bond donors (Lipinski definition) is 0. The van der Waals surface area contributed by atoms with Gasteiger partial charge < -0.3 is 9.47 Å². The van der Waals surface area contributed by atoms with Crippen LogP contribution in [0, 0.1) is 16.7 Å². The Morgan fingerprint density at radius 3 is 2.57 bits per heavy atom. The molecule has 2 saturated carbocycles. The lowest BCUT2D eigenvalue weighted by molar-refractivity contribution is -0.0845. The van der Waals surface area contributed by atoms with Crippen LogP contribution in [0.25, 0.3) is 6.08 Å². The summed E-state index contributed by atoms with van der Waals surface area (Å²) in [6.45, 7) is 7.18. The van der Waals surface area contributed by atoms with Crippen molar-refractivity contribution in [3.8, 4) is 0 Å². The summed E-state index contributed by atoms with van der Waals surface area (Å²) in [7, 11) is 0. The molecule has 0 amide bonds. The standard InChI is InChI=1S/C19H24O2/c1-18(2)14-11-12-19(18,3)17-16(14)20-15(21-17)10-9-13-7-5-4-6-8-13/h4-10,14-17H,11-12H2,1-3H3/b10-9+/t14-,15-,16-,17-,19+/m1/s1. The molecule has 1 aliphatic heterocycles. The normalized spacial score (nSPS) is 43.6. The summed E-state index contributed by atoms with van der Waals surface area (Å²) in [4.78, 5) is 0. The van der Waals surface area contributed by atoms with Gasteiger partial charge in [0.1, 0.15) is 0 Å². The molecule has 0 aromatic heterocycles. The summed E-state index contributed by atoms with van der Waals surface area (Å²) < 4.78 is 12.5. The third-order valence-electron chi connectivity index (χ3n) is 6.51. The van der Waals surface area contributed by atoms with Crippen molar-refractivity contribution >= 4 is 6.08 Å². The highest BCUT2D eigenvalue weighted by atomic mass is 16.7. The van der Waals surface area contributed by atoms with E-state index in [-0.39, 0.29) is 23.9 Å². The molecule has 0 unspecified atom stereocenters. The van der Waals surface area contributed by atoms with Crippen molar-refractivity contribution in [1.29, 1.82) is 0 Å². The van der Waals surface area contributed by atoms with Gasteiger partial charge in [-0.15, -0.1) is 0 Å². The summed E-state index contributed by atoms with van der Waals surface area (Å²) in [6.07, 6.45) is 7.06. The maximum absolute atomic E-state index is 6.27. The average Bonchev–Trinajstić information content (AvgIpc) is 3.04. The highest BCUT2D eigenvalue weighted by Crippen LogP contribution is 2.68. The molecule has 21 heavy (non-hydrogen) atoms. The largest absolute Gasteiger partial charge is 0.343 e. The lowest BCUT2D eigenvalue weighted by Crippen LogP contribution is -2.38. The van der Waals surface area contributed by atoms with Crippen LogP contribution in [-0.2, 0) is 9.47 Å². The Bertz CT molecular complexity index is 562. The van der Waals surface area contributed by atoms with Crippen LogP contribution in [0.4, 0.5) is 0 Å². The summed E-state index contributed by atoms with van der Waals surface area (Å²) in [5.74, 6) is 0.641. The first-order valence-electron chi connectivity index (χ1n) is 8.06. The maximum atomic E-state index is 6.27. The van der Waals surface area contributed by atoms with Gasteiger partial charge in [0, 0.05) is 5.41 Å². The first-order chi connectivity index (χ1) is 10.0. The molecule has 5 atom stereocenters. The molecule has 2 heteroatoms. The average molecular weight is 284 g/mol. The molecule has 2 aliphatic carbocycles. The number of hydrogen-bond acceptors (Lipinski definition) is 2. The monoisotopic (exact) mass is 284 g/mol. The molecular weight excluding hydrogens is 260 g/mol. The molecule has 1 saturated heterocycles. The number of fused-ring (bicyclic) bond motifs is 5. The van der Waals surface area contributed by atoms with Crippen molar-refractivity contribution in [3.63, 3.8) is 0 Å². The summed E-state index contributed by atoms with van der Waals surface area (Å²) >= 11 is 0. The second kappa shape index (κ2) is 4.44. The Morgan fingerprint density at radius 2 is 1.86 bits per heavy atom. The quantitative estimate of drug-likeness (QED) is 0.807. The topological polar surface area (TPSA) is 18.5 Å². The van der Waals surface area contributed by atoms with Crippen LogP contribution in [0.5, 0.6) is 0 Å². The summed E-state index contributed by atoms with van der Waals surface area (Å²) in [6, 6.07) is 10.3. The molecule has 4 rings (SSSR count). The van der Waals surface area contributed by atoms with Gasteiger partial charge in [0.15, 0.2) is 6.29 Å². The van der Waals surface area contributed by atoms with Gasteiger partial charge in [-0.1, -0.05) is 57.2 Å². The van der Waals surface area contributed by atoms with E-state index in [1.165, 1.54) is 18.4 Å². The van der Waals surface area contributed by atoms with Gasteiger partial charge >= 0.3 is 0 Å². The van der Waals surface area contributed by atoms with Crippen molar-refractivity contribution in [1.82, 2.24) is 0 Å². The van der Waals surface area contributed by atoms with E-state index in [0.29, 0.717) is 11.3 Å². The SMILES string of the molecule is CC1(C)[C@@H]2CC[C@@]1(C)[C@@H]1O[C@H](/C=C/c3ccccc3)O[C@H]21. The zero-order chi connectivity index (χ0) is 14.7. The summed E-state index contributed by atoms with van der Waals surface area (Å²) in [5.41, 5.74) is 1.78. The Kier molecular flexibility index (Phi) is 2.86. The van der Waals surface area contributed by atoms with Gasteiger partial charge in [-0.05, 0) is 35.8 Å². The minimum atomic E-state index is -0.184. The molecule has 1 aromatic carbocycles. The van der Waals surface area contributed by atoms with Crippen LogP contribution in [0.3, 0.4) is 0 Å². The fourth-order valence-corrected chi connectivity index (χ4v) is 4.79. The van der Waals surface area contributed by atoms with Gasteiger partial charge in [0.25, 0.3) is 0 Å². The van der Waals surface area contributed by atoms with Crippen molar-refractivity contribution < 1.29 is 9.47 Å². The highest BCUT2D eigenvalue weighted by molar-refractivity contribution is 5.49. The fraction of sp³-hybridized carbons (Fsp3) is 0.579. The zero-order valence-electron chi connectivity index (χ0n) is 13.1. The van der Waals surface area contributed by atoms with E-state index in [9.17, 15) is 0 Å². The van der Waals surface area contributed by atoms with Gasteiger partial charge in [-0.25, -0.2) is 0 Å². The van der Waals surface area contributed by atoms with Gasteiger partial charge in [-0.3, -0.25) is 0 Å². The second-order valence-corrected chi connectivity index (χ2v) is 7.58. The first kappa shape index (κ1) is 13.5. The van der Waals surface area contributed by atoms with Crippen LogP contribution in [-0.4, -0.2) is 18.5 Å². The molecular formula is C19H24O2. The van der Waals surface area contributed by atoms with Crippen molar-refractivity contribution in [2.24, 2.45) is 16.7 Å².